The van der Waals surface area contributed by atoms with E-state index in [0.717, 1.165) is 48.1 Å². The lowest BCUT2D eigenvalue weighted by molar-refractivity contribution is 0.0926. The summed E-state index contributed by atoms with van der Waals surface area (Å²) in [7, 11) is 3.25. The van der Waals surface area contributed by atoms with E-state index in [1.807, 2.05) is 24.3 Å². The maximum Gasteiger partial charge on any atom is 0.161 e. The SMILES string of the molecule is COc1cc2cnnc(N3CCC(C(O)c4cccnc4)CC3)c2cc1OC. The van der Waals surface area contributed by atoms with Gasteiger partial charge in [-0.1, -0.05) is 6.07 Å². The van der Waals surface area contributed by atoms with Gasteiger partial charge in [-0.2, -0.15) is 5.10 Å². The zero-order valence-electron chi connectivity index (χ0n) is 16.1. The summed E-state index contributed by atoms with van der Waals surface area (Å²) in [4.78, 5) is 6.35. The van der Waals surface area contributed by atoms with Gasteiger partial charge < -0.3 is 19.5 Å². The highest BCUT2D eigenvalue weighted by Gasteiger charge is 2.28. The van der Waals surface area contributed by atoms with E-state index in [4.69, 9.17) is 9.47 Å². The van der Waals surface area contributed by atoms with Gasteiger partial charge in [-0.15, -0.1) is 5.10 Å². The van der Waals surface area contributed by atoms with E-state index in [2.05, 4.69) is 20.1 Å². The van der Waals surface area contributed by atoms with Crippen molar-refractivity contribution in [3.8, 4) is 11.5 Å². The molecule has 1 fully saturated rings. The van der Waals surface area contributed by atoms with Crippen LogP contribution in [0, 0.1) is 5.92 Å². The Morgan fingerprint density at radius 3 is 2.54 bits per heavy atom. The Bertz CT molecular complexity index is 943. The smallest absolute Gasteiger partial charge is 0.161 e. The van der Waals surface area contributed by atoms with Crippen LogP contribution in [0.25, 0.3) is 10.8 Å². The van der Waals surface area contributed by atoms with Gasteiger partial charge in [-0.05, 0) is 42.5 Å². The maximum absolute atomic E-state index is 10.7. The van der Waals surface area contributed by atoms with E-state index >= 15 is 0 Å². The van der Waals surface area contributed by atoms with E-state index in [0.29, 0.717) is 11.5 Å². The van der Waals surface area contributed by atoms with E-state index in [1.165, 1.54) is 0 Å². The first-order valence-corrected chi connectivity index (χ1v) is 9.41. The van der Waals surface area contributed by atoms with Crippen LogP contribution in [0.4, 0.5) is 5.82 Å². The summed E-state index contributed by atoms with van der Waals surface area (Å²) < 4.78 is 10.8. The first-order chi connectivity index (χ1) is 13.7. The van der Waals surface area contributed by atoms with Crippen LogP contribution >= 0.6 is 0 Å². The summed E-state index contributed by atoms with van der Waals surface area (Å²) in [6, 6.07) is 7.67. The zero-order valence-corrected chi connectivity index (χ0v) is 16.1. The molecule has 1 saturated heterocycles. The van der Waals surface area contributed by atoms with Crippen LogP contribution in [-0.2, 0) is 0 Å². The third-order valence-corrected chi connectivity index (χ3v) is 5.46. The van der Waals surface area contributed by atoms with Crippen molar-refractivity contribution in [2.45, 2.75) is 18.9 Å². The summed E-state index contributed by atoms with van der Waals surface area (Å²) in [5.74, 6) is 2.39. The van der Waals surface area contributed by atoms with Crippen LogP contribution in [0.1, 0.15) is 24.5 Å². The molecule has 1 unspecified atom stereocenters. The van der Waals surface area contributed by atoms with E-state index in [9.17, 15) is 5.11 Å². The molecule has 0 aliphatic carbocycles. The minimum absolute atomic E-state index is 0.206. The number of fused-ring (bicyclic) bond motifs is 1. The molecule has 1 aliphatic heterocycles. The van der Waals surface area contributed by atoms with Crippen molar-refractivity contribution in [2.75, 3.05) is 32.2 Å². The Hall–Kier alpha value is -2.93. The number of piperidine rings is 1. The van der Waals surface area contributed by atoms with E-state index < -0.39 is 6.10 Å². The minimum atomic E-state index is -0.487. The number of methoxy groups -OCH3 is 2. The Kier molecular flexibility index (Phi) is 5.25. The number of anilines is 1. The second-order valence-electron chi connectivity index (χ2n) is 7.02. The highest BCUT2D eigenvalue weighted by atomic mass is 16.5. The second-order valence-corrected chi connectivity index (χ2v) is 7.02. The monoisotopic (exact) mass is 380 g/mol. The molecular formula is C21H24N4O3. The summed E-state index contributed by atoms with van der Waals surface area (Å²) in [6.07, 6.45) is 6.47. The third kappa shape index (κ3) is 3.45. The Balaban J connectivity index is 1.55. The van der Waals surface area contributed by atoms with Crippen LogP contribution in [0.2, 0.25) is 0 Å². The fourth-order valence-corrected chi connectivity index (χ4v) is 3.88. The van der Waals surface area contributed by atoms with Crippen molar-refractivity contribution >= 4 is 16.6 Å². The largest absolute Gasteiger partial charge is 0.493 e. The molecule has 0 spiro atoms. The Morgan fingerprint density at radius 1 is 1.11 bits per heavy atom. The Labute approximate surface area is 163 Å². The summed E-state index contributed by atoms with van der Waals surface area (Å²) in [6.45, 7) is 1.62. The topological polar surface area (TPSA) is 80.6 Å². The molecule has 1 atom stereocenters. The molecule has 3 heterocycles. The lowest BCUT2D eigenvalue weighted by Crippen LogP contribution is -2.36. The molecule has 0 radical (unpaired) electrons. The number of aliphatic hydroxyl groups is 1. The zero-order chi connectivity index (χ0) is 19.5. The number of nitrogens with zero attached hydrogens (tertiary/aromatic N) is 4. The fourth-order valence-electron chi connectivity index (χ4n) is 3.88. The lowest BCUT2D eigenvalue weighted by Gasteiger charge is -2.35. The molecule has 0 bridgehead atoms. The molecule has 1 aliphatic rings. The van der Waals surface area contributed by atoms with Crippen molar-refractivity contribution in [1.82, 2.24) is 15.2 Å². The molecule has 0 saturated carbocycles. The molecule has 7 heteroatoms. The number of aromatic nitrogens is 3. The number of aliphatic hydroxyl groups excluding tert-OH is 1. The molecular weight excluding hydrogens is 356 g/mol. The number of rotatable bonds is 5. The van der Waals surface area contributed by atoms with Gasteiger partial charge in [0, 0.05) is 36.3 Å². The first kappa shape index (κ1) is 18.4. The quantitative estimate of drug-likeness (QED) is 0.729. The van der Waals surface area contributed by atoms with Crippen LogP contribution in [0.3, 0.4) is 0 Å². The number of ether oxygens (including phenoxy) is 2. The van der Waals surface area contributed by atoms with Gasteiger partial charge in [0.25, 0.3) is 0 Å². The van der Waals surface area contributed by atoms with Crippen molar-refractivity contribution in [1.29, 1.82) is 0 Å². The molecule has 7 nitrogen and oxygen atoms in total. The van der Waals surface area contributed by atoms with E-state index in [1.54, 1.807) is 32.8 Å². The fraction of sp³-hybridized carbons (Fsp3) is 0.381. The molecule has 146 valence electrons. The standard InChI is InChI=1S/C21H24N4O3/c1-27-18-10-16-13-23-24-21(17(16)11-19(18)28-2)25-8-5-14(6-9-25)20(26)15-4-3-7-22-12-15/h3-4,7,10-14,20,26H,5-6,8-9H2,1-2H3. The predicted octanol–water partition coefficient (Wildman–Crippen LogP) is 2.99. The van der Waals surface area contributed by atoms with Gasteiger partial charge in [-0.3, -0.25) is 4.98 Å². The van der Waals surface area contributed by atoms with E-state index in [-0.39, 0.29) is 5.92 Å². The maximum atomic E-state index is 10.7. The van der Waals surface area contributed by atoms with Gasteiger partial charge in [-0.25, -0.2) is 0 Å². The predicted molar refractivity (Wildman–Crippen MR) is 107 cm³/mol. The number of hydrogen-bond donors (Lipinski definition) is 1. The first-order valence-electron chi connectivity index (χ1n) is 9.41. The summed E-state index contributed by atoms with van der Waals surface area (Å²) >= 11 is 0. The average Bonchev–Trinajstić information content (AvgIpc) is 2.77. The molecule has 3 aromatic rings. The van der Waals surface area contributed by atoms with Gasteiger partial charge in [0.05, 0.1) is 26.5 Å². The minimum Gasteiger partial charge on any atom is -0.493 e. The highest BCUT2D eigenvalue weighted by molar-refractivity contribution is 5.94. The van der Waals surface area contributed by atoms with Gasteiger partial charge in [0.1, 0.15) is 0 Å². The van der Waals surface area contributed by atoms with Crippen LogP contribution in [-0.4, -0.2) is 47.6 Å². The molecule has 1 N–H and O–H groups in total. The highest BCUT2D eigenvalue weighted by Crippen LogP contribution is 2.37. The third-order valence-electron chi connectivity index (χ3n) is 5.46. The molecule has 0 amide bonds. The second kappa shape index (κ2) is 7.98. The van der Waals surface area contributed by atoms with Crippen LogP contribution < -0.4 is 14.4 Å². The van der Waals surface area contributed by atoms with Crippen molar-refractivity contribution < 1.29 is 14.6 Å². The number of benzene rings is 1. The van der Waals surface area contributed by atoms with Gasteiger partial charge >= 0.3 is 0 Å². The number of pyridine rings is 1. The average molecular weight is 380 g/mol. The van der Waals surface area contributed by atoms with Crippen LogP contribution in [0.5, 0.6) is 11.5 Å². The van der Waals surface area contributed by atoms with Gasteiger partial charge in [0.2, 0.25) is 0 Å². The van der Waals surface area contributed by atoms with Crippen molar-refractivity contribution in [2.24, 2.45) is 5.92 Å². The van der Waals surface area contributed by atoms with Crippen molar-refractivity contribution in [3.63, 3.8) is 0 Å². The summed E-state index contributed by atoms with van der Waals surface area (Å²) in [5, 5.41) is 21.2. The molecule has 28 heavy (non-hydrogen) atoms. The summed E-state index contributed by atoms with van der Waals surface area (Å²) in [5.41, 5.74) is 0.878. The normalized spacial score (nSPS) is 16.2. The van der Waals surface area contributed by atoms with Crippen molar-refractivity contribution in [3.05, 3.63) is 48.4 Å². The molecule has 1 aromatic carbocycles. The Morgan fingerprint density at radius 2 is 1.86 bits per heavy atom. The number of hydrogen-bond acceptors (Lipinski definition) is 7. The van der Waals surface area contributed by atoms with Crippen LogP contribution in [0.15, 0.2) is 42.9 Å². The molecule has 4 rings (SSSR count). The lowest BCUT2D eigenvalue weighted by atomic mass is 9.88. The van der Waals surface area contributed by atoms with Gasteiger partial charge in [0.15, 0.2) is 17.3 Å². The molecule has 2 aromatic heterocycles.